The third-order valence-corrected chi connectivity index (χ3v) is 5.25. The van der Waals surface area contributed by atoms with Crippen LogP contribution < -0.4 is 10.1 Å². The van der Waals surface area contributed by atoms with E-state index < -0.39 is 0 Å². The number of ether oxygens (including phenoxy) is 1. The van der Waals surface area contributed by atoms with E-state index in [4.69, 9.17) is 20.8 Å². The van der Waals surface area contributed by atoms with E-state index in [-0.39, 0.29) is 5.91 Å². The lowest BCUT2D eigenvalue weighted by Gasteiger charge is -2.10. The number of fused-ring (bicyclic) bond motifs is 1. The molecule has 4 aromatic rings. The van der Waals surface area contributed by atoms with Gasteiger partial charge >= 0.3 is 0 Å². The van der Waals surface area contributed by atoms with Crippen molar-refractivity contribution >= 4 is 34.1 Å². The fourth-order valence-electron chi connectivity index (χ4n) is 3.39. The van der Waals surface area contributed by atoms with Crippen molar-refractivity contribution in [3.8, 4) is 16.9 Å². The van der Waals surface area contributed by atoms with Gasteiger partial charge in [-0.1, -0.05) is 29.8 Å². The number of methoxy groups -OCH3 is 1. The summed E-state index contributed by atoms with van der Waals surface area (Å²) in [6.07, 6.45) is 4.98. The Morgan fingerprint density at radius 2 is 2.00 bits per heavy atom. The maximum Gasteiger partial charge on any atom is 0.244 e. The molecule has 0 radical (unpaired) electrons. The van der Waals surface area contributed by atoms with Crippen LogP contribution in [-0.4, -0.2) is 18.0 Å². The van der Waals surface area contributed by atoms with Crippen LogP contribution in [0.3, 0.4) is 0 Å². The summed E-state index contributed by atoms with van der Waals surface area (Å²) < 4.78 is 11.3. The molecule has 1 N–H and O–H groups in total. The summed E-state index contributed by atoms with van der Waals surface area (Å²) in [7, 11) is 1.60. The Kier molecular flexibility index (Phi) is 6.05. The number of halogens is 1. The summed E-state index contributed by atoms with van der Waals surface area (Å²) in [6, 6.07) is 17.0. The lowest BCUT2D eigenvalue weighted by molar-refractivity contribution is -0.116. The van der Waals surface area contributed by atoms with Crippen LogP contribution in [-0.2, 0) is 11.3 Å². The molecule has 0 aliphatic carbocycles. The highest BCUT2D eigenvalue weighted by Crippen LogP contribution is 2.37. The third-order valence-electron chi connectivity index (χ3n) is 4.99. The Hall–Kier alpha value is -3.57. The highest BCUT2D eigenvalue weighted by atomic mass is 35.5. The predicted octanol–water partition coefficient (Wildman–Crippen LogP) is 5.88. The Morgan fingerprint density at radius 1 is 1.19 bits per heavy atom. The minimum Gasteiger partial charge on any atom is -0.496 e. The number of allylic oxidation sites excluding steroid dienone is 1. The van der Waals surface area contributed by atoms with Crippen molar-refractivity contribution in [1.29, 1.82) is 0 Å². The second-order valence-corrected chi connectivity index (χ2v) is 7.51. The number of pyridine rings is 1. The molecular formula is C25H21ClN2O3. The summed E-state index contributed by atoms with van der Waals surface area (Å²) in [4.78, 5) is 16.7. The second-order valence-electron chi connectivity index (χ2n) is 7.07. The van der Waals surface area contributed by atoms with Crippen molar-refractivity contribution in [2.45, 2.75) is 13.5 Å². The maximum atomic E-state index is 12.4. The standard InChI is InChI=1S/C25H21ClN2O3/c1-16(11-25(29)28-14-19-5-3-4-10-27-19)20-12-21-22(17-6-8-18(26)9-7-17)15-31-24(21)13-23(20)30-2/h3-13,15H,14H2,1-2H3,(H,28,29)/b16-11+. The molecule has 0 unspecified atom stereocenters. The highest BCUT2D eigenvalue weighted by Gasteiger charge is 2.15. The fourth-order valence-corrected chi connectivity index (χ4v) is 3.52. The first-order valence-electron chi connectivity index (χ1n) is 9.76. The van der Waals surface area contributed by atoms with Crippen molar-refractivity contribution in [2.24, 2.45) is 0 Å². The minimum atomic E-state index is -0.199. The number of rotatable bonds is 6. The minimum absolute atomic E-state index is 0.199. The molecule has 2 aromatic heterocycles. The zero-order valence-corrected chi connectivity index (χ0v) is 17.9. The van der Waals surface area contributed by atoms with E-state index in [1.54, 1.807) is 25.6 Å². The number of aromatic nitrogens is 1. The molecule has 0 saturated heterocycles. The van der Waals surface area contributed by atoms with Gasteiger partial charge in [-0.3, -0.25) is 9.78 Å². The SMILES string of the molecule is COc1cc2occ(-c3ccc(Cl)cc3)c2cc1/C(C)=C/C(=O)NCc1ccccn1. The average molecular weight is 433 g/mol. The molecule has 5 nitrogen and oxygen atoms in total. The number of furan rings is 1. The van der Waals surface area contributed by atoms with Gasteiger partial charge in [0.15, 0.2) is 0 Å². The van der Waals surface area contributed by atoms with E-state index in [1.165, 1.54) is 0 Å². The Balaban J connectivity index is 1.65. The number of hydrogen-bond acceptors (Lipinski definition) is 4. The van der Waals surface area contributed by atoms with E-state index in [1.807, 2.05) is 61.5 Å². The summed E-state index contributed by atoms with van der Waals surface area (Å²) in [5.74, 6) is 0.436. The summed E-state index contributed by atoms with van der Waals surface area (Å²) in [5, 5.41) is 4.47. The largest absolute Gasteiger partial charge is 0.496 e. The van der Waals surface area contributed by atoms with E-state index in [0.29, 0.717) is 22.9 Å². The third kappa shape index (κ3) is 4.62. The molecule has 31 heavy (non-hydrogen) atoms. The number of hydrogen-bond donors (Lipinski definition) is 1. The van der Waals surface area contributed by atoms with Crippen LogP contribution >= 0.6 is 11.6 Å². The summed E-state index contributed by atoms with van der Waals surface area (Å²) in [5.41, 5.74) is 5.04. The molecular weight excluding hydrogens is 412 g/mol. The molecule has 0 spiro atoms. The van der Waals surface area contributed by atoms with E-state index in [9.17, 15) is 4.79 Å². The van der Waals surface area contributed by atoms with Crippen molar-refractivity contribution in [3.63, 3.8) is 0 Å². The highest BCUT2D eigenvalue weighted by molar-refractivity contribution is 6.30. The molecule has 2 heterocycles. The lowest BCUT2D eigenvalue weighted by Crippen LogP contribution is -2.21. The van der Waals surface area contributed by atoms with Crippen LogP contribution in [0.15, 0.2) is 77.6 Å². The van der Waals surface area contributed by atoms with Gasteiger partial charge in [-0.15, -0.1) is 0 Å². The number of benzene rings is 2. The molecule has 0 atom stereocenters. The van der Waals surface area contributed by atoms with Gasteiger partial charge in [-0.25, -0.2) is 0 Å². The number of nitrogens with zero attached hydrogens (tertiary/aromatic N) is 1. The first-order chi connectivity index (χ1) is 15.0. The first kappa shape index (κ1) is 20.7. The lowest BCUT2D eigenvalue weighted by atomic mass is 9.99. The van der Waals surface area contributed by atoms with Crippen LogP contribution in [0.5, 0.6) is 5.75 Å². The van der Waals surface area contributed by atoms with Crippen molar-refractivity contribution in [3.05, 3.63) is 89.4 Å². The fraction of sp³-hybridized carbons (Fsp3) is 0.120. The molecule has 0 aliphatic heterocycles. The first-order valence-corrected chi connectivity index (χ1v) is 10.1. The van der Waals surface area contributed by atoms with Crippen LogP contribution in [0.25, 0.3) is 27.7 Å². The average Bonchev–Trinajstić information content (AvgIpc) is 3.21. The monoisotopic (exact) mass is 432 g/mol. The van der Waals surface area contributed by atoms with E-state index in [2.05, 4.69) is 10.3 Å². The smallest absolute Gasteiger partial charge is 0.244 e. The maximum absolute atomic E-state index is 12.4. The van der Waals surface area contributed by atoms with E-state index in [0.717, 1.165) is 33.3 Å². The molecule has 6 heteroatoms. The second kappa shape index (κ2) is 9.06. The molecule has 0 fully saturated rings. The van der Waals surface area contributed by atoms with Crippen LogP contribution in [0.1, 0.15) is 18.2 Å². The molecule has 156 valence electrons. The number of nitrogens with one attached hydrogen (secondary N) is 1. The van der Waals surface area contributed by atoms with Crippen LogP contribution in [0.4, 0.5) is 0 Å². The van der Waals surface area contributed by atoms with Crippen molar-refractivity contribution in [2.75, 3.05) is 7.11 Å². The zero-order valence-electron chi connectivity index (χ0n) is 17.2. The molecule has 0 saturated carbocycles. The molecule has 2 aromatic carbocycles. The summed E-state index contributed by atoms with van der Waals surface area (Å²) >= 11 is 6.02. The van der Waals surface area contributed by atoms with Gasteiger partial charge in [0.05, 0.1) is 25.6 Å². The van der Waals surface area contributed by atoms with Gasteiger partial charge < -0.3 is 14.5 Å². The predicted molar refractivity (Wildman–Crippen MR) is 123 cm³/mol. The van der Waals surface area contributed by atoms with Gasteiger partial charge in [0.25, 0.3) is 0 Å². The van der Waals surface area contributed by atoms with Gasteiger partial charge in [0.2, 0.25) is 5.91 Å². The molecule has 4 rings (SSSR count). The molecule has 0 bridgehead atoms. The number of amides is 1. The van der Waals surface area contributed by atoms with Gasteiger partial charge in [0.1, 0.15) is 11.3 Å². The Morgan fingerprint density at radius 3 is 2.71 bits per heavy atom. The number of carbonyl (C=O) groups excluding carboxylic acids is 1. The molecule has 1 amide bonds. The number of carbonyl (C=O) groups is 1. The summed E-state index contributed by atoms with van der Waals surface area (Å²) in [6.45, 7) is 2.24. The Labute approximate surface area is 185 Å². The van der Waals surface area contributed by atoms with Crippen LogP contribution in [0, 0.1) is 0 Å². The van der Waals surface area contributed by atoms with Gasteiger partial charge in [-0.05, 0) is 48.4 Å². The topological polar surface area (TPSA) is 64.4 Å². The van der Waals surface area contributed by atoms with Gasteiger partial charge in [0, 0.05) is 39.9 Å². The normalized spacial score (nSPS) is 11.5. The van der Waals surface area contributed by atoms with Crippen molar-refractivity contribution in [1.82, 2.24) is 10.3 Å². The quantitative estimate of drug-likeness (QED) is 0.386. The van der Waals surface area contributed by atoms with Crippen molar-refractivity contribution < 1.29 is 13.9 Å². The Bertz CT molecular complexity index is 1250. The van der Waals surface area contributed by atoms with Crippen LogP contribution in [0.2, 0.25) is 5.02 Å². The van der Waals surface area contributed by atoms with Gasteiger partial charge in [-0.2, -0.15) is 0 Å². The molecule has 0 aliphatic rings. The van der Waals surface area contributed by atoms with E-state index >= 15 is 0 Å². The zero-order chi connectivity index (χ0) is 21.8.